The lowest BCUT2D eigenvalue weighted by Crippen LogP contribution is -2.47. The van der Waals surface area contributed by atoms with E-state index in [0.29, 0.717) is 18.7 Å². The van der Waals surface area contributed by atoms with Gasteiger partial charge in [-0.05, 0) is 51.6 Å². The Balaban J connectivity index is 2.10. The van der Waals surface area contributed by atoms with E-state index in [2.05, 4.69) is 16.8 Å². The Bertz CT molecular complexity index is 853. The van der Waals surface area contributed by atoms with E-state index in [1.165, 1.54) is 0 Å². The monoisotopic (exact) mass is 385 g/mol. The van der Waals surface area contributed by atoms with Gasteiger partial charge in [-0.3, -0.25) is 9.69 Å². The van der Waals surface area contributed by atoms with Crippen LogP contribution in [0.1, 0.15) is 36.7 Å². The number of hydrogen-bond donors (Lipinski definition) is 1. The molecule has 1 unspecified atom stereocenters. The van der Waals surface area contributed by atoms with Crippen molar-refractivity contribution in [1.82, 2.24) is 14.4 Å². The van der Waals surface area contributed by atoms with Crippen LogP contribution in [0.2, 0.25) is 0 Å². The Morgan fingerprint density at radius 3 is 2.32 bits per heavy atom. The number of piperazine rings is 1. The van der Waals surface area contributed by atoms with E-state index in [4.69, 9.17) is 4.74 Å². The van der Waals surface area contributed by atoms with Crippen molar-refractivity contribution in [2.24, 2.45) is 0 Å². The molecular formula is C22H31N3O3. The molecule has 0 amide bonds. The number of aryl methyl sites for hydroxylation is 1. The first-order valence-corrected chi connectivity index (χ1v) is 10.0. The Morgan fingerprint density at radius 2 is 1.75 bits per heavy atom. The first-order chi connectivity index (χ1) is 13.5. The predicted octanol–water partition coefficient (Wildman–Crippen LogP) is 2.62. The van der Waals surface area contributed by atoms with Crippen molar-refractivity contribution in [3.05, 3.63) is 57.5 Å². The van der Waals surface area contributed by atoms with Gasteiger partial charge in [0.25, 0.3) is 5.56 Å². The summed E-state index contributed by atoms with van der Waals surface area (Å²) < 4.78 is 7.30. The minimum absolute atomic E-state index is 0.0741. The van der Waals surface area contributed by atoms with Gasteiger partial charge in [0.15, 0.2) is 0 Å². The van der Waals surface area contributed by atoms with Crippen molar-refractivity contribution in [3.63, 3.8) is 0 Å². The first kappa shape index (κ1) is 20.4. The summed E-state index contributed by atoms with van der Waals surface area (Å²) in [5.41, 5.74) is 2.11. The molecule has 0 spiro atoms. The van der Waals surface area contributed by atoms with Gasteiger partial charge in [0.05, 0.1) is 18.2 Å². The molecule has 2 heterocycles. The van der Waals surface area contributed by atoms with Crippen LogP contribution in [0, 0.1) is 6.92 Å². The summed E-state index contributed by atoms with van der Waals surface area (Å²) in [6, 6.07) is 9.30. The molecular weight excluding hydrogens is 354 g/mol. The number of nitrogens with zero attached hydrogens (tertiary/aromatic N) is 3. The molecule has 1 atom stereocenters. The maximum atomic E-state index is 13.3. The van der Waals surface area contributed by atoms with E-state index in [1.54, 1.807) is 10.6 Å². The summed E-state index contributed by atoms with van der Waals surface area (Å²) in [5, 5.41) is 10.8. The standard InChI is InChI=1S/C22H31N3O3/c1-5-25-16(3)15-19(26)20(22(25)27)21(24-13-11-23(4)12-14-24)17-7-9-18(10-8-17)28-6-2/h7-10,15,21,26H,5-6,11-14H2,1-4H3. The van der Waals surface area contributed by atoms with Crippen molar-refractivity contribution >= 4 is 0 Å². The number of aromatic nitrogens is 1. The Labute approximate surface area is 167 Å². The highest BCUT2D eigenvalue weighted by molar-refractivity contribution is 5.42. The molecule has 0 aliphatic carbocycles. The number of rotatable bonds is 6. The molecule has 6 heteroatoms. The van der Waals surface area contributed by atoms with Crippen LogP contribution in [0.25, 0.3) is 0 Å². The van der Waals surface area contributed by atoms with E-state index >= 15 is 0 Å². The van der Waals surface area contributed by atoms with Crippen molar-refractivity contribution in [1.29, 1.82) is 0 Å². The molecule has 1 N–H and O–H groups in total. The second-order valence-corrected chi connectivity index (χ2v) is 7.38. The van der Waals surface area contributed by atoms with Crippen molar-refractivity contribution in [2.75, 3.05) is 39.8 Å². The fraction of sp³-hybridized carbons (Fsp3) is 0.500. The Morgan fingerprint density at radius 1 is 1.11 bits per heavy atom. The lowest BCUT2D eigenvalue weighted by Gasteiger charge is -2.38. The summed E-state index contributed by atoms with van der Waals surface area (Å²) in [6.07, 6.45) is 0. The number of aromatic hydroxyl groups is 1. The summed E-state index contributed by atoms with van der Waals surface area (Å²) in [5.74, 6) is 0.882. The Kier molecular flexibility index (Phi) is 6.42. The number of likely N-dealkylation sites (N-methyl/N-ethyl adjacent to an activating group) is 1. The largest absolute Gasteiger partial charge is 0.507 e. The smallest absolute Gasteiger partial charge is 0.259 e. The third-order valence-electron chi connectivity index (χ3n) is 5.52. The van der Waals surface area contributed by atoms with E-state index in [0.717, 1.165) is 43.2 Å². The van der Waals surface area contributed by atoms with E-state index in [9.17, 15) is 9.90 Å². The van der Waals surface area contributed by atoms with Gasteiger partial charge < -0.3 is 19.3 Å². The van der Waals surface area contributed by atoms with Crippen molar-refractivity contribution in [3.8, 4) is 11.5 Å². The van der Waals surface area contributed by atoms with Crippen LogP contribution in [0.4, 0.5) is 0 Å². The van der Waals surface area contributed by atoms with Crippen molar-refractivity contribution < 1.29 is 9.84 Å². The quantitative estimate of drug-likeness (QED) is 0.828. The summed E-state index contributed by atoms with van der Waals surface area (Å²) in [7, 11) is 2.11. The molecule has 2 aromatic rings. The lowest BCUT2D eigenvalue weighted by molar-refractivity contribution is 0.125. The molecule has 152 valence electrons. The topological polar surface area (TPSA) is 57.9 Å². The molecule has 3 rings (SSSR count). The molecule has 1 aliphatic heterocycles. The molecule has 1 aromatic carbocycles. The molecule has 1 saturated heterocycles. The van der Waals surface area contributed by atoms with E-state index < -0.39 is 0 Å². The fourth-order valence-corrected chi connectivity index (χ4v) is 3.97. The molecule has 1 aromatic heterocycles. The third kappa shape index (κ3) is 4.08. The van der Waals surface area contributed by atoms with Crippen LogP contribution in [-0.2, 0) is 6.54 Å². The zero-order valence-electron chi connectivity index (χ0n) is 17.3. The predicted molar refractivity (Wildman–Crippen MR) is 111 cm³/mol. The zero-order chi connectivity index (χ0) is 20.3. The number of ether oxygens (including phenoxy) is 1. The van der Waals surface area contributed by atoms with Gasteiger partial charge in [-0.15, -0.1) is 0 Å². The maximum Gasteiger partial charge on any atom is 0.259 e. The molecule has 1 fully saturated rings. The van der Waals surface area contributed by atoms with E-state index in [-0.39, 0.29) is 17.4 Å². The number of benzene rings is 1. The van der Waals surface area contributed by atoms with Gasteiger partial charge in [0, 0.05) is 38.4 Å². The highest BCUT2D eigenvalue weighted by atomic mass is 16.5. The van der Waals surface area contributed by atoms with Crippen LogP contribution in [0.15, 0.2) is 35.1 Å². The average Bonchev–Trinajstić information content (AvgIpc) is 2.67. The zero-order valence-corrected chi connectivity index (χ0v) is 17.3. The van der Waals surface area contributed by atoms with Gasteiger partial charge in [0.1, 0.15) is 11.5 Å². The van der Waals surface area contributed by atoms with Crippen molar-refractivity contribution in [2.45, 2.75) is 33.4 Å². The Hall–Kier alpha value is -2.31. The third-order valence-corrected chi connectivity index (χ3v) is 5.52. The summed E-state index contributed by atoms with van der Waals surface area (Å²) in [6.45, 7) is 10.5. The van der Waals surface area contributed by atoms with Crippen LogP contribution in [-0.4, -0.2) is 59.3 Å². The van der Waals surface area contributed by atoms with Gasteiger partial charge in [-0.1, -0.05) is 12.1 Å². The molecule has 0 radical (unpaired) electrons. The van der Waals surface area contributed by atoms with Crippen LogP contribution in [0.3, 0.4) is 0 Å². The van der Waals surface area contributed by atoms with E-state index in [1.807, 2.05) is 45.0 Å². The van der Waals surface area contributed by atoms with Gasteiger partial charge in [0.2, 0.25) is 0 Å². The minimum Gasteiger partial charge on any atom is -0.507 e. The molecule has 28 heavy (non-hydrogen) atoms. The van der Waals surface area contributed by atoms with Crippen LogP contribution in [0.5, 0.6) is 11.5 Å². The molecule has 6 nitrogen and oxygen atoms in total. The fourth-order valence-electron chi connectivity index (χ4n) is 3.97. The van der Waals surface area contributed by atoms with Gasteiger partial charge >= 0.3 is 0 Å². The first-order valence-electron chi connectivity index (χ1n) is 10.0. The minimum atomic E-state index is -0.282. The molecule has 0 saturated carbocycles. The second-order valence-electron chi connectivity index (χ2n) is 7.38. The molecule has 0 bridgehead atoms. The highest BCUT2D eigenvalue weighted by Gasteiger charge is 2.30. The summed E-state index contributed by atoms with van der Waals surface area (Å²) >= 11 is 0. The van der Waals surface area contributed by atoms with Gasteiger partial charge in [-0.2, -0.15) is 0 Å². The lowest BCUT2D eigenvalue weighted by atomic mass is 9.96. The highest BCUT2D eigenvalue weighted by Crippen LogP contribution is 2.34. The summed E-state index contributed by atoms with van der Waals surface area (Å²) in [4.78, 5) is 17.8. The second kappa shape index (κ2) is 8.80. The van der Waals surface area contributed by atoms with Crippen LogP contribution < -0.4 is 10.3 Å². The number of hydrogen-bond acceptors (Lipinski definition) is 5. The van der Waals surface area contributed by atoms with Crippen LogP contribution >= 0.6 is 0 Å². The average molecular weight is 386 g/mol. The number of pyridine rings is 1. The maximum absolute atomic E-state index is 13.3. The molecule has 1 aliphatic rings. The van der Waals surface area contributed by atoms with Gasteiger partial charge in [-0.25, -0.2) is 0 Å². The SMILES string of the molecule is CCOc1ccc(C(c2c(O)cc(C)n(CC)c2=O)N2CCN(C)CC2)cc1. The normalized spacial score (nSPS) is 16.9.